The number of carbonyl (C=O) groups excluding carboxylic acids is 4. The van der Waals surface area contributed by atoms with Gasteiger partial charge in [-0.3, -0.25) is 24.1 Å². The van der Waals surface area contributed by atoms with Gasteiger partial charge in [0.05, 0.1) is 11.1 Å². The van der Waals surface area contributed by atoms with Gasteiger partial charge in [-0.2, -0.15) is 0 Å². The summed E-state index contributed by atoms with van der Waals surface area (Å²) >= 11 is 3.31. The third-order valence-electron chi connectivity index (χ3n) is 4.99. The van der Waals surface area contributed by atoms with E-state index in [1.165, 1.54) is 4.90 Å². The van der Waals surface area contributed by atoms with Crippen LogP contribution in [-0.4, -0.2) is 54.1 Å². The second-order valence-corrected chi connectivity index (χ2v) is 8.00. The average Bonchev–Trinajstić information content (AvgIpc) is 2.97. The molecular weight excluding hydrogens is 450 g/mol. The van der Waals surface area contributed by atoms with E-state index >= 15 is 0 Å². The maximum atomic E-state index is 12.5. The number of hydrogen-bond donors (Lipinski definition) is 1. The van der Waals surface area contributed by atoms with E-state index in [9.17, 15) is 19.2 Å². The molecule has 0 fully saturated rings. The largest absolute Gasteiger partial charge is 0.355 e. The molecule has 156 valence electrons. The lowest BCUT2D eigenvalue weighted by molar-refractivity contribution is -0.130. The molecule has 7 nitrogen and oxygen atoms in total. The van der Waals surface area contributed by atoms with Gasteiger partial charge in [-0.05, 0) is 42.3 Å². The Balaban J connectivity index is 1.50. The first-order valence-corrected chi connectivity index (χ1v) is 10.3. The molecule has 0 bridgehead atoms. The maximum Gasteiger partial charge on any atom is 0.261 e. The third kappa shape index (κ3) is 4.59. The summed E-state index contributed by atoms with van der Waals surface area (Å²) in [4.78, 5) is 51.7. The van der Waals surface area contributed by atoms with E-state index in [2.05, 4.69) is 21.2 Å². The Morgan fingerprint density at radius 2 is 1.70 bits per heavy atom. The van der Waals surface area contributed by atoms with Gasteiger partial charge in [0.1, 0.15) is 0 Å². The third-order valence-corrected chi connectivity index (χ3v) is 5.49. The molecule has 0 aromatic heterocycles. The van der Waals surface area contributed by atoms with Gasteiger partial charge in [-0.15, -0.1) is 0 Å². The highest BCUT2D eigenvalue weighted by atomic mass is 79.9. The molecule has 1 aliphatic rings. The first-order valence-electron chi connectivity index (χ1n) is 9.52. The zero-order chi connectivity index (χ0) is 21.8. The molecule has 1 N–H and O–H groups in total. The van der Waals surface area contributed by atoms with Gasteiger partial charge in [0, 0.05) is 43.6 Å². The lowest BCUT2D eigenvalue weighted by Crippen LogP contribution is -2.32. The first kappa shape index (κ1) is 21.7. The van der Waals surface area contributed by atoms with Crippen LogP contribution in [0.2, 0.25) is 0 Å². The number of benzene rings is 2. The minimum atomic E-state index is -0.326. The van der Waals surface area contributed by atoms with Crippen molar-refractivity contribution in [2.75, 3.05) is 20.6 Å². The number of rotatable bonds is 7. The van der Waals surface area contributed by atoms with Crippen molar-refractivity contribution in [1.82, 2.24) is 15.1 Å². The molecule has 0 unspecified atom stereocenters. The topological polar surface area (TPSA) is 86.8 Å². The minimum absolute atomic E-state index is 0.0790. The van der Waals surface area contributed by atoms with Crippen molar-refractivity contribution in [3.8, 4) is 0 Å². The molecule has 2 aromatic carbocycles. The van der Waals surface area contributed by atoms with E-state index in [1.807, 2.05) is 12.1 Å². The van der Waals surface area contributed by atoms with Crippen molar-refractivity contribution in [1.29, 1.82) is 0 Å². The Hall–Kier alpha value is -3.00. The van der Waals surface area contributed by atoms with E-state index in [4.69, 9.17) is 0 Å². The Morgan fingerprint density at radius 3 is 2.37 bits per heavy atom. The van der Waals surface area contributed by atoms with E-state index < -0.39 is 0 Å². The average molecular weight is 472 g/mol. The van der Waals surface area contributed by atoms with Crippen molar-refractivity contribution < 1.29 is 19.2 Å². The Labute approximate surface area is 183 Å². The summed E-state index contributed by atoms with van der Waals surface area (Å²) in [6.45, 7) is 0.609. The highest BCUT2D eigenvalue weighted by molar-refractivity contribution is 9.10. The standard InChI is InChI=1S/C22H22BrN3O4/c1-24-20(28)15-7-5-14(6-8-15)13-25(2)19(27)4-3-11-26-21(29)17-10-9-16(23)12-18(17)22(26)30/h5-10,12H,3-4,11,13H2,1-2H3,(H,24,28). The summed E-state index contributed by atoms with van der Waals surface area (Å²) in [5.74, 6) is -0.885. The van der Waals surface area contributed by atoms with E-state index in [0.29, 0.717) is 29.7 Å². The lowest BCUT2D eigenvalue weighted by atomic mass is 10.1. The normalized spacial score (nSPS) is 12.7. The number of halogens is 1. The summed E-state index contributed by atoms with van der Waals surface area (Å²) in [6.07, 6.45) is 0.620. The summed E-state index contributed by atoms with van der Waals surface area (Å²) in [7, 11) is 3.28. The Kier molecular flexibility index (Phi) is 6.66. The molecular formula is C22H22BrN3O4. The van der Waals surface area contributed by atoms with Crippen LogP contribution in [0.5, 0.6) is 0 Å². The van der Waals surface area contributed by atoms with Crippen LogP contribution in [0.1, 0.15) is 49.5 Å². The summed E-state index contributed by atoms with van der Waals surface area (Å²) in [5, 5.41) is 2.56. The van der Waals surface area contributed by atoms with Crippen molar-refractivity contribution in [2.45, 2.75) is 19.4 Å². The fraction of sp³-hybridized carbons (Fsp3) is 0.273. The van der Waals surface area contributed by atoms with Crippen LogP contribution < -0.4 is 5.32 Å². The number of nitrogens with one attached hydrogen (secondary N) is 1. The molecule has 1 aliphatic heterocycles. The lowest BCUT2D eigenvalue weighted by Gasteiger charge is -2.19. The van der Waals surface area contributed by atoms with Crippen LogP contribution in [0.4, 0.5) is 0 Å². The maximum absolute atomic E-state index is 12.5. The molecule has 8 heteroatoms. The van der Waals surface area contributed by atoms with Crippen LogP contribution in [0.25, 0.3) is 0 Å². The molecule has 0 aliphatic carbocycles. The quantitative estimate of drug-likeness (QED) is 0.628. The first-order chi connectivity index (χ1) is 14.3. The Morgan fingerprint density at radius 1 is 1.03 bits per heavy atom. The van der Waals surface area contributed by atoms with Crippen LogP contribution in [0.15, 0.2) is 46.9 Å². The SMILES string of the molecule is CNC(=O)c1ccc(CN(C)C(=O)CCCN2C(=O)c3ccc(Br)cc3C2=O)cc1. The molecule has 0 radical (unpaired) electrons. The smallest absolute Gasteiger partial charge is 0.261 e. The summed E-state index contributed by atoms with van der Waals surface area (Å²) in [6, 6.07) is 12.1. The van der Waals surface area contributed by atoms with Crippen molar-refractivity contribution in [3.05, 3.63) is 69.2 Å². The summed E-state index contributed by atoms with van der Waals surface area (Å²) < 4.78 is 0.740. The monoisotopic (exact) mass is 471 g/mol. The second-order valence-electron chi connectivity index (χ2n) is 7.08. The zero-order valence-electron chi connectivity index (χ0n) is 16.8. The van der Waals surface area contributed by atoms with Gasteiger partial charge in [0.2, 0.25) is 5.91 Å². The fourth-order valence-corrected chi connectivity index (χ4v) is 3.67. The molecule has 0 saturated heterocycles. The molecule has 4 amide bonds. The highest BCUT2D eigenvalue weighted by Gasteiger charge is 2.35. The number of nitrogens with zero attached hydrogens (tertiary/aromatic N) is 2. The van der Waals surface area contributed by atoms with Crippen LogP contribution in [0.3, 0.4) is 0 Å². The van der Waals surface area contributed by atoms with Gasteiger partial charge < -0.3 is 10.2 Å². The molecule has 3 rings (SSSR count). The number of carbonyl (C=O) groups is 4. The molecule has 0 atom stereocenters. The molecule has 2 aromatic rings. The van der Waals surface area contributed by atoms with Crippen LogP contribution in [-0.2, 0) is 11.3 Å². The van der Waals surface area contributed by atoms with Crippen molar-refractivity contribution in [3.63, 3.8) is 0 Å². The highest BCUT2D eigenvalue weighted by Crippen LogP contribution is 2.26. The summed E-state index contributed by atoms with van der Waals surface area (Å²) in [5.41, 5.74) is 2.25. The van der Waals surface area contributed by atoms with E-state index in [-0.39, 0.29) is 36.6 Å². The van der Waals surface area contributed by atoms with Gasteiger partial charge >= 0.3 is 0 Å². The predicted octanol–water partition coefficient (Wildman–Crippen LogP) is 2.84. The van der Waals surface area contributed by atoms with Crippen molar-refractivity contribution >= 4 is 39.6 Å². The van der Waals surface area contributed by atoms with Crippen molar-refractivity contribution in [2.24, 2.45) is 0 Å². The van der Waals surface area contributed by atoms with Crippen LogP contribution in [0, 0.1) is 0 Å². The fourth-order valence-electron chi connectivity index (χ4n) is 3.31. The number of amides is 4. The molecule has 0 saturated carbocycles. The molecule has 30 heavy (non-hydrogen) atoms. The minimum Gasteiger partial charge on any atom is -0.355 e. The number of hydrogen-bond acceptors (Lipinski definition) is 4. The Bertz CT molecular complexity index is 1000. The van der Waals surface area contributed by atoms with Gasteiger partial charge in [-0.1, -0.05) is 28.1 Å². The number of fused-ring (bicyclic) bond motifs is 1. The van der Waals surface area contributed by atoms with Gasteiger partial charge in [0.25, 0.3) is 17.7 Å². The van der Waals surface area contributed by atoms with Gasteiger partial charge in [0.15, 0.2) is 0 Å². The molecule has 0 spiro atoms. The van der Waals surface area contributed by atoms with Gasteiger partial charge in [-0.25, -0.2) is 0 Å². The zero-order valence-corrected chi connectivity index (χ0v) is 18.4. The number of imide groups is 1. The van der Waals surface area contributed by atoms with E-state index in [1.54, 1.807) is 49.3 Å². The predicted molar refractivity (Wildman–Crippen MR) is 115 cm³/mol. The molecule has 1 heterocycles. The van der Waals surface area contributed by atoms with Crippen LogP contribution >= 0.6 is 15.9 Å². The van der Waals surface area contributed by atoms with E-state index in [0.717, 1.165) is 10.0 Å². The second kappa shape index (κ2) is 9.21.